The van der Waals surface area contributed by atoms with E-state index in [0.717, 1.165) is 46.7 Å². The number of anilines is 1. The average Bonchev–Trinajstić information content (AvgIpc) is 3.39. The molecule has 8 nitrogen and oxygen atoms in total. The number of hydrogen-bond donors (Lipinski definition) is 1. The molecule has 0 aliphatic carbocycles. The van der Waals surface area contributed by atoms with E-state index < -0.39 is 0 Å². The van der Waals surface area contributed by atoms with Crippen molar-refractivity contribution < 1.29 is 0 Å². The van der Waals surface area contributed by atoms with E-state index in [1.54, 1.807) is 15.4 Å². The van der Waals surface area contributed by atoms with Crippen LogP contribution in [-0.4, -0.2) is 49.6 Å². The Hall–Kier alpha value is -3.70. The molecule has 3 aliphatic heterocycles. The van der Waals surface area contributed by atoms with Crippen molar-refractivity contribution in [3.63, 3.8) is 0 Å². The minimum atomic E-state index is 0.550. The van der Waals surface area contributed by atoms with Gasteiger partial charge in [0.05, 0.1) is 23.5 Å². The molecule has 3 aliphatic rings. The molecule has 30 heavy (non-hydrogen) atoms. The van der Waals surface area contributed by atoms with E-state index in [2.05, 4.69) is 44.7 Å². The van der Waals surface area contributed by atoms with Gasteiger partial charge in [-0.3, -0.25) is 4.68 Å². The Morgan fingerprint density at radius 1 is 1.03 bits per heavy atom. The first-order valence-corrected chi connectivity index (χ1v) is 10.1. The number of nitrogens with zero attached hydrogens (tertiary/aromatic N) is 7. The number of nitrogens with one attached hydrogen (secondary N) is 1. The lowest BCUT2D eigenvalue weighted by atomic mass is 9.91. The van der Waals surface area contributed by atoms with Crippen molar-refractivity contribution in [3.05, 3.63) is 54.7 Å². The van der Waals surface area contributed by atoms with Crippen LogP contribution in [0.3, 0.4) is 0 Å². The van der Waals surface area contributed by atoms with Crippen LogP contribution in [0.5, 0.6) is 0 Å². The first-order valence-electron chi connectivity index (χ1n) is 10.1. The van der Waals surface area contributed by atoms with Crippen LogP contribution in [0.4, 0.5) is 5.82 Å². The van der Waals surface area contributed by atoms with Crippen molar-refractivity contribution in [1.29, 1.82) is 5.26 Å². The molecule has 2 unspecified atom stereocenters. The smallest absolute Gasteiger partial charge is 0.128 e. The Bertz CT molecular complexity index is 1280. The summed E-state index contributed by atoms with van der Waals surface area (Å²) in [6.45, 7) is 2.01. The van der Waals surface area contributed by atoms with E-state index in [1.807, 2.05) is 31.8 Å². The minimum Gasteiger partial charge on any atom is -0.353 e. The highest BCUT2D eigenvalue weighted by molar-refractivity contribution is 5.87. The lowest BCUT2D eigenvalue weighted by Gasteiger charge is -2.48. The number of piperidine rings is 1. The summed E-state index contributed by atoms with van der Waals surface area (Å²) >= 11 is 0. The van der Waals surface area contributed by atoms with Gasteiger partial charge in [0, 0.05) is 73.1 Å². The lowest BCUT2D eigenvalue weighted by molar-refractivity contribution is 0.225. The van der Waals surface area contributed by atoms with Crippen molar-refractivity contribution in [2.75, 3.05) is 18.0 Å². The van der Waals surface area contributed by atoms with Crippen molar-refractivity contribution >= 4 is 11.3 Å². The second-order valence-electron chi connectivity index (χ2n) is 8.11. The summed E-state index contributed by atoms with van der Waals surface area (Å²) in [6, 6.07) is 9.70. The molecule has 0 spiro atoms. The van der Waals surface area contributed by atoms with Crippen molar-refractivity contribution in [1.82, 2.24) is 29.7 Å². The van der Waals surface area contributed by atoms with E-state index in [9.17, 15) is 5.26 Å². The molecule has 0 aromatic carbocycles. The normalized spacial score (nSPS) is 20.2. The lowest BCUT2D eigenvalue weighted by Crippen LogP contribution is -2.67. The molecule has 7 heterocycles. The van der Waals surface area contributed by atoms with E-state index in [1.165, 1.54) is 6.42 Å². The topological polar surface area (TPSA) is 87.1 Å². The molecule has 4 aromatic heterocycles. The fourth-order valence-electron chi connectivity index (χ4n) is 4.58. The molecule has 8 heteroatoms. The van der Waals surface area contributed by atoms with Gasteiger partial charge in [0.15, 0.2) is 0 Å². The highest BCUT2D eigenvalue weighted by Gasteiger charge is 2.36. The summed E-state index contributed by atoms with van der Waals surface area (Å²) in [5.41, 5.74) is 5.24. The number of fused-ring (bicyclic) bond motifs is 3. The summed E-state index contributed by atoms with van der Waals surface area (Å²) in [5, 5.41) is 21.8. The van der Waals surface area contributed by atoms with E-state index >= 15 is 0 Å². The highest BCUT2D eigenvalue weighted by Crippen LogP contribution is 2.33. The van der Waals surface area contributed by atoms with Crippen LogP contribution in [0, 0.1) is 11.3 Å². The first-order chi connectivity index (χ1) is 14.7. The SMILES string of the molecule is Cn1cc(-c2cc(-c3ccc(N4CC5CC(C4)N5)nc3)c3c(C#N)cnn3c2)cn1. The van der Waals surface area contributed by atoms with E-state index in [4.69, 9.17) is 4.98 Å². The van der Waals surface area contributed by atoms with Gasteiger partial charge < -0.3 is 10.2 Å². The zero-order valence-corrected chi connectivity index (χ0v) is 16.5. The third-order valence-electron chi connectivity index (χ3n) is 6.08. The molecule has 2 bridgehead atoms. The molecular weight excluding hydrogens is 376 g/mol. The molecule has 0 amide bonds. The number of hydrogen-bond acceptors (Lipinski definition) is 6. The average molecular weight is 396 g/mol. The van der Waals surface area contributed by atoms with Gasteiger partial charge in [-0.2, -0.15) is 15.5 Å². The molecule has 3 fully saturated rings. The van der Waals surface area contributed by atoms with E-state index in [-0.39, 0.29) is 0 Å². The van der Waals surface area contributed by atoms with Crippen LogP contribution >= 0.6 is 0 Å². The molecule has 7 rings (SSSR count). The summed E-state index contributed by atoms with van der Waals surface area (Å²) < 4.78 is 3.55. The van der Waals surface area contributed by atoms with Crippen molar-refractivity contribution in [2.45, 2.75) is 18.5 Å². The van der Waals surface area contributed by atoms with Gasteiger partial charge in [-0.1, -0.05) is 0 Å². The maximum absolute atomic E-state index is 9.58. The zero-order valence-electron chi connectivity index (χ0n) is 16.5. The predicted molar refractivity (Wildman–Crippen MR) is 113 cm³/mol. The Kier molecular flexibility index (Phi) is 3.67. The molecule has 4 aromatic rings. The first kappa shape index (κ1) is 17.2. The Balaban J connectivity index is 1.44. The van der Waals surface area contributed by atoms with Crippen LogP contribution < -0.4 is 10.2 Å². The van der Waals surface area contributed by atoms with Gasteiger partial charge in [-0.25, -0.2) is 9.50 Å². The second-order valence-corrected chi connectivity index (χ2v) is 8.11. The number of aryl methyl sites for hydroxylation is 1. The molecule has 2 atom stereocenters. The standard InChI is InChI=1S/C22H20N8/c1-28-10-17(9-25-28)15-4-20(22-16(6-23)8-26-30(22)11-15)14-2-3-21(24-7-14)29-12-18-5-19(13-29)27-18/h2-4,7-11,18-19,27H,5,12-13H2,1H3. The predicted octanol–water partition coefficient (Wildman–Crippen LogP) is 2.22. The van der Waals surface area contributed by atoms with Gasteiger partial charge in [-0.05, 0) is 24.6 Å². The van der Waals surface area contributed by atoms with Crippen LogP contribution in [0.15, 0.2) is 49.2 Å². The summed E-state index contributed by atoms with van der Waals surface area (Å²) in [6.07, 6.45) is 10.5. The molecule has 1 N–H and O–H groups in total. The van der Waals surface area contributed by atoms with Crippen LogP contribution in [0.25, 0.3) is 27.8 Å². The number of pyridine rings is 2. The monoisotopic (exact) mass is 396 g/mol. The van der Waals surface area contributed by atoms with Crippen LogP contribution in [0.1, 0.15) is 12.0 Å². The molecular formula is C22H20N8. The fourth-order valence-corrected chi connectivity index (χ4v) is 4.58. The molecule has 0 saturated carbocycles. The minimum absolute atomic E-state index is 0.550. The number of piperazine rings is 1. The summed E-state index contributed by atoms with van der Waals surface area (Å²) in [4.78, 5) is 7.10. The van der Waals surface area contributed by atoms with Gasteiger partial charge >= 0.3 is 0 Å². The molecule has 3 saturated heterocycles. The maximum Gasteiger partial charge on any atom is 0.128 e. The zero-order chi connectivity index (χ0) is 20.2. The summed E-state index contributed by atoms with van der Waals surface area (Å²) in [7, 11) is 1.90. The van der Waals surface area contributed by atoms with Crippen molar-refractivity contribution in [3.8, 4) is 28.3 Å². The Morgan fingerprint density at radius 3 is 2.53 bits per heavy atom. The van der Waals surface area contributed by atoms with Crippen LogP contribution in [-0.2, 0) is 7.05 Å². The maximum atomic E-state index is 9.58. The van der Waals surface area contributed by atoms with Gasteiger partial charge in [-0.15, -0.1) is 0 Å². The number of aromatic nitrogens is 5. The summed E-state index contributed by atoms with van der Waals surface area (Å²) in [5.74, 6) is 1.00. The third-order valence-corrected chi connectivity index (χ3v) is 6.08. The van der Waals surface area contributed by atoms with Crippen LogP contribution in [0.2, 0.25) is 0 Å². The highest BCUT2D eigenvalue weighted by atomic mass is 15.3. The largest absolute Gasteiger partial charge is 0.353 e. The van der Waals surface area contributed by atoms with E-state index in [0.29, 0.717) is 17.6 Å². The molecule has 0 radical (unpaired) electrons. The Morgan fingerprint density at radius 2 is 1.87 bits per heavy atom. The van der Waals surface area contributed by atoms with Gasteiger partial charge in [0.1, 0.15) is 11.9 Å². The van der Waals surface area contributed by atoms with Crippen molar-refractivity contribution in [2.24, 2.45) is 7.05 Å². The number of nitriles is 1. The fraction of sp³-hybridized carbons (Fsp3) is 0.273. The Labute approximate surface area is 173 Å². The van der Waals surface area contributed by atoms with Gasteiger partial charge in [0.2, 0.25) is 0 Å². The number of rotatable bonds is 3. The second kappa shape index (κ2) is 6.40. The molecule has 148 valence electrons. The quantitative estimate of drug-likeness (QED) is 0.571. The third kappa shape index (κ3) is 2.67. The van der Waals surface area contributed by atoms with Gasteiger partial charge in [0.25, 0.3) is 0 Å².